The largest absolute Gasteiger partial charge is 0.478 e. The first kappa shape index (κ1) is 15.0. The quantitative estimate of drug-likeness (QED) is 0.763. The summed E-state index contributed by atoms with van der Waals surface area (Å²) in [6.07, 6.45) is 3.77. The molecule has 2 aliphatic rings. The Bertz CT molecular complexity index is 677. The fraction of sp³-hybridized carbons (Fsp3) is 0.533. The number of ketones is 1. The van der Waals surface area contributed by atoms with Crippen molar-refractivity contribution in [3.63, 3.8) is 0 Å². The topological polar surface area (TPSA) is 123 Å². The first-order valence-electron chi connectivity index (χ1n) is 7.31. The molecule has 7 heteroatoms. The van der Waals surface area contributed by atoms with Crippen LogP contribution in [0.5, 0.6) is 0 Å². The maximum atomic E-state index is 13.0. The second-order valence-corrected chi connectivity index (χ2v) is 7.41. The minimum Gasteiger partial charge on any atom is -0.478 e. The Morgan fingerprint density at radius 1 is 1.36 bits per heavy atom. The number of anilines is 1. The molecule has 118 valence electrons. The van der Waals surface area contributed by atoms with E-state index in [2.05, 4.69) is 0 Å². The average Bonchev–Trinajstić information content (AvgIpc) is 3.14. The van der Waals surface area contributed by atoms with Gasteiger partial charge in [0, 0.05) is 11.8 Å². The highest BCUT2D eigenvalue weighted by molar-refractivity contribution is 7.18. The molecule has 0 radical (unpaired) electrons. The zero-order chi connectivity index (χ0) is 16.1. The number of nitrogen functional groups attached to an aromatic ring is 1. The van der Waals surface area contributed by atoms with Crippen LogP contribution in [0.2, 0.25) is 0 Å². The third-order valence-electron chi connectivity index (χ3n) is 4.68. The van der Waals surface area contributed by atoms with E-state index in [1.54, 1.807) is 0 Å². The van der Waals surface area contributed by atoms with Crippen LogP contribution in [0, 0.1) is 11.3 Å². The first-order chi connectivity index (χ1) is 10.3. The highest BCUT2D eigenvalue weighted by Crippen LogP contribution is 2.51. The van der Waals surface area contributed by atoms with Gasteiger partial charge in [0.15, 0.2) is 5.78 Å². The Balaban J connectivity index is 2.02. The van der Waals surface area contributed by atoms with Gasteiger partial charge in [0.1, 0.15) is 5.00 Å². The molecular formula is C15H18N2O4S. The summed E-state index contributed by atoms with van der Waals surface area (Å²) in [6.45, 7) is 0. The van der Waals surface area contributed by atoms with E-state index in [4.69, 9.17) is 11.5 Å². The number of hydrogen-bond acceptors (Lipinski definition) is 5. The minimum atomic E-state index is -1.10. The molecule has 1 saturated carbocycles. The summed E-state index contributed by atoms with van der Waals surface area (Å²) in [5.41, 5.74) is 10.9. The highest BCUT2D eigenvalue weighted by Gasteiger charge is 2.48. The Hall–Kier alpha value is -1.89. The molecule has 5 N–H and O–H groups in total. The van der Waals surface area contributed by atoms with E-state index in [0.29, 0.717) is 35.6 Å². The van der Waals surface area contributed by atoms with Gasteiger partial charge in [-0.25, -0.2) is 4.79 Å². The number of Topliss-reactive ketones (excluding diaryl/α,β-unsaturated/α-hetero) is 1. The highest BCUT2D eigenvalue weighted by atomic mass is 32.1. The van der Waals surface area contributed by atoms with Gasteiger partial charge in [-0.15, -0.1) is 11.3 Å². The van der Waals surface area contributed by atoms with Gasteiger partial charge in [0.2, 0.25) is 5.91 Å². The second-order valence-electron chi connectivity index (χ2n) is 6.35. The van der Waals surface area contributed by atoms with Gasteiger partial charge in [0.05, 0.1) is 10.4 Å². The molecule has 3 rings (SSSR count). The molecule has 0 bridgehead atoms. The van der Waals surface area contributed by atoms with E-state index < -0.39 is 17.3 Å². The number of aromatic carboxylic acids is 1. The Morgan fingerprint density at radius 3 is 2.59 bits per heavy atom. The molecule has 0 saturated heterocycles. The molecule has 1 fully saturated rings. The summed E-state index contributed by atoms with van der Waals surface area (Å²) < 4.78 is 0. The molecule has 1 heterocycles. The van der Waals surface area contributed by atoms with E-state index in [9.17, 15) is 19.5 Å². The molecule has 1 unspecified atom stereocenters. The SMILES string of the molecule is NC(=O)CC1(CC2CC2)CCc2c(sc(N)c2C(=O)O)C1=O. The predicted octanol–water partition coefficient (Wildman–Crippen LogP) is 1.82. The van der Waals surface area contributed by atoms with Gasteiger partial charge < -0.3 is 16.6 Å². The van der Waals surface area contributed by atoms with Crippen molar-refractivity contribution in [1.29, 1.82) is 0 Å². The number of amides is 1. The number of nitrogens with two attached hydrogens (primary N) is 2. The van der Waals surface area contributed by atoms with Crippen molar-refractivity contribution in [2.24, 2.45) is 17.1 Å². The van der Waals surface area contributed by atoms with E-state index in [1.807, 2.05) is 0 Å². The van der Waals surface area contributed by atoms with Gasteiger partial charge in [0.25, 0.3) is 0 Å². The van der Waals surface area contributed by atoms with Crippen LogP contribution < -0.4 is 11.5 Å². The molecule has 1 aromatic heterocycles. The third-order valence-corrected chi connectivity index (χ3v) is 5.74. The zero-order valence-corrected chi connectivity index (χ0v) is 12.9. The molecule has 1 aromatic rings. The molecular weight excluding hydrogens is 304 g/mol. The number of carboxylic acids is 1. The molecule has 2 aliphatic carbocycles. The van der Waals surface area contributed by atoms with Gasteiger partial charge in [-0.3, -0.25) is 9.59 Å². The number of rotatable bonds is 5. The van der Waals surface area contributed by atoms with Crippen molar-refractivity contribution in [1.82, 2.24) is 0 Å². The van der Waals surface area contributed by atoms with Crippen LogP contribution in [0.1, 0.15) is 57.7 Å². The summed E-state index contributed by atoms with van der Waals surface area (Å²) in [7, 11) is 0. The van der Waals surface area contributed by atoms with Crippen LogP contribution in [0.4, 0.5) is 5.00 Å². The molecule has 0 aromatic carbocycles. The van der Waals surface area contributed by atoms with Crippen molar-refractivity contribution in [2.75, 3.05) is 5.73 Å². The fourth-order valence-electron chi connectivity index (χ4n) is 3.50. The fourth-order valence-corrected chi connectivity index (χ4v) is 4.67. The molecule has 1 amide bonds. The van der Waals surface area contributed by atoms with Gasteiger partial charge in [-0.05, 0) is 30.7 Å². The van der Waals surface area contributed by atoms with Crippen LogP contribution in [-0.2, 0) is 11.2 Å². The molecule has 0 aliphatic heterocycles. The zero-order valence-electron chi connectivity index (χ0n) is 12.1. The minimum absolute atomic E-state index is 0.0297. The number of fused-ring (bicyclic) bond motifs is 1. The Kier molecular flexibility index (Phi) is 3.47. The number of carbonyl (C=O) groups excluding carboxylic acids is 2. The van der Waals surface area contributed by atoms with E-state index in [0.717, 1.165) is 24.2 Å². The molecule has 22 heavy (non-hydrogen) atoms. The van der Waals surface area contributed by atoms with Gasteiger partial charge >= 0.3 is 5.97 Å². The van der Waals surface area contributed by atoms with Crippen molar-refractivity contribution in [3.8, 4) is 0 Å². The summed E-state index contributed by atoms with van der Waals surface area (Å²) in [5.74, 6) is -1.27. The van der Waals surface area contributed by atoms with E-state index >= 15 is 0 Å². The van der Waals surface area contributed by atoms with Crippen LogP contribution in [0.25, 0.3) is 0 Å². The maximum absolute atomic E-state index is 13.0. The summed E-state index contributed by atoms with van der Waals surface area (Å²) in [4.78, 5) is 36.2. The summed E-state index contributed by atoms with van der Waals surface area (Å²) in [6, 6.07) is 0. The third kappa shape index (κ3) is 2.39. The smallest absolute Gasteiger partial charge is 0.338 e. The molecule has 1 atom stereocenters. The maximum Gasteiger partial charge on any atom is 0.338 e. The van der Waals surface area contributed by atoms with Gasteiger partial charge in [-0.2, -0.15) is 0 Å². The monoisotopic (exact) mass is 322 g/mol. The van der Waals surface area contributed by atoms with Crippen LogP contribution in [0.15, 0.2) is 0 Å². The van der Waals surface area contributed by atoms with E-state index in [1.165, 1.54) is 0 Å². The first-order valence-corrected chi connectivity index (χ1v) is 8.13. The van der Waals surface area contributed by atoms with Crippen molar-refractivity contribution >= 4 is 34.0 Å². The average molecular weight is 322 g/mol. The van der Waals surface area contributed by atoms with Crippen LogP contribution >= 0.6 is 11.3 Å². The van der Waals surface area contributed by atoms with E-state index in [-0.39, 0.29) is 22.8 Å². The number of carboxylic acid groups (broad SMARTS) is 1. The number of thiophene rings is 1. The lowest BCUT2D eigenvalue weighted by Crippen LogP contribution is -2.39. The second kappa shape index (κ2) is 5.08. The lowest BCUT2D eigenvalue weighted by atomic mass is 9.67. The van der Waals surface area contributed by atoms with Crippen molar-refractivity contribution in [2.45, 2.75) is 38.5 Å². The summed E-state index contributed by atoms with van der Waals surface area (Å²) >= 11 is 1.03. The van der Waals surface area contributed by atoms with Crippen molar-refractivity contribution < 1.29 is 19.5 Å². The van der Waals surface area contributed by atoms with Gasteiger partial charge in [-0.1, -0.05) is 12.8 Å². The lowest BCUT2D eigenvalue weighted by Gasteiger charge is -2.35. The standard InChI is InChI=1S/C15H18N2O4S/c16-9(18)6-15(5-7-1-2-7)4-3-8-10(14(20)21)13(17)22-11(8)12(15)19/h7H,1-6,17H2,(H2,16,18)(H,20,21). The normalized spacial score (nSPS) is 24.1. The Labute approximate surface area is 131 Å². The van der Waals surface area contributed by atoms with Crippen molar-refractivity contribution in [3.05, 3.63) is 16.0 Å². The predicted molar refractivity (Wildman–Crippen MR) is 81.9 cm³/mol. The lowest BCUT2D eigenvalue weighted by molar-refractivity contribution is -0.120. The molecule has 6 nitrogen and oxygen atoms in total. The summed E-state index contributed by atoms with van der Waals surface area (Å²) in [5, 5.41) is 9.43. The number of carbonyl (C=O) groups is 3. The van der Waals surface area contributed by atoms with Crippen LogP contribution in [0.3, 0.4) is 0 Å². The molecule has 0 spiro atoms. The Morgan fingerprint density at radius 2 is 2.05 bits per heavy atom. The van der Waals surface area contributed by atoms with Crippen LogP contribution in [-0.4, -0.2) is 22.8 Å². The number of primary amides is 1. The number of hydrogen-bond donors (Lipinski definition) is 3.